The molecular formula is C11H21N3O4. The van der Waals surface area contributed by atoms with Gasteiger partial charge < -0.3 is 20.6 Å². The lowest BCUT2D eigenvalue weighted by Gasteiger charge is -2.24. The van der Waals surface area contributed by atoms with Crippen LogP contribution in [0.3, 0.4) is 0 Å². The van der Waals surface area contributed by atoms with Crippen LogP contribution in [0.5, 0.6) is 0 Å². The number of Topliss-reactive ketones (excluding diaryl/α,β-unsaturated/α-hetero) is 1. The molecule has 2 atom stereocenters. The Balaban J connectivity index is 4.39. The van der Waals surface area contributed by atoms with Crippen molar-refractivity contribution in [2.24, 2.45) is 5.73 Å². The zero-order valence-electron chi connectivity index (χ0n) is 11.2. The van der Waals surface area contributed by atoms with E-state index in [9.17, 15) is 19.5 Å². The monoisotopic (exact) mass is 259 g/mol. The quantitative estimate of drug-likeness (QED) is 0.585. The Labute approximate surface area is 107 Å². The molecule has 7 heteroatoms. The van der Waals surface area contributed by atoms with E-state index < -0.39 is 18.1 Å². The molecule has 0 aromatic heterocycles. The lowest BCUT2D eigenvalue weighted by molar-refractivity contribution is -0.141. The van der Waals surface area contributed by atoms with Crippen LogP contribution in [0.4, 0.5) is 0 Å². The van der Waals surface area contributed by atoms with Gasteiger partial charge in [0.2, 0.25) is 11.8 Å². The molecule has 104 valence electrons. The first-order valence-corrected chi connectivity index (χ1v) is 5.58. The molecule has 0 aromatic rings. The smallest absolute Gasteiger partial charge is 0.242 e. The number of carbonyl (C=O) groups is 3. The predicted octanol–water partition coefficient (Wildman–Crippen LogP) is -1.80. The van der Waals surface area contributed by atoms with Crippen LogP contribution in [0.2, 0.25) is 0 Å². The summed E-state index contributed by atoms with van der Waals surface area (Å²) < 4.78 is 0. The second-order valence-corrected chi connectivity index (χ2v) is 4.41. The molecule has 7 nitrogen and oxygen atoms in total. The lowest BCUT2D eigenvalue weighted by atomic mass is 10.2. The zero-order chi connectivity index (χ0) is 14.5. The standard InChI is InChI=1S/C11H21N3O4/c1-7(15)5-13(3)9(17)6-14(4)11(18)10(12)8(2)16/h8,10,16H,5-6,12H2,1-4H3. The van der Waals surface area contributed by atoms with E-state index in [0.717, 1.165) is 4.90 Å². The van der Waals surface area contributed by atoms with Crippen LogP contribution < -0.4 is 5.73 Å². The van der Waals surface area contributed by atoms with Gasteiger partial charge in [0.1, 0.15) is 11.8 Å². The number of amides is 2. The van der Waals surface area contributed by atoms with Gasteiger partial charge >= 0.3 is 0 Å². The van der Waals surface area contributed by atoms with Crippen molar-refractivity contribution in [2.75, 3.05) is 27.2 Å². The van der Waals surface area contributed by atoms with Gasteiger partial charge in [-0.15, -0.1) is 0 Å². The number of likely N-dealkylation sites (N-methyl/N-ethyl adjacent to an activating group) is 2. The minimum Gasteiger partial charge on any atom is -0.391 e. The molecule has 0 aliphatic heterocycles. The van der Waals surface area contributed by atoms with Crippen LogP contribution in [0, 0.1) is 0 Å². The SMILES string of the molecule is CC(=O)CN(C)C(=O)CN(C)C(=O)C(N)C(C)O. The summed E-state index contributed by atoms with van der Waals surface area (Å²) >= 11 is 0. The van der Waals surface area contributed by atoms with Gasteiger partial charge in [0, 0.05) is 14.1 Å². The first kappa shape index (κ1) is 16.5. The van der Waals surface area contributed by atoms with Gasteiger partial charge in [-0.2, -0.15) is 0 Å². The van der Waals surface area contributed by atoms with Gasteiger partial charge in [-0.05, 0) is 13.8 Å². The highest BCUT2D eigenvalue weighted by Crippen LogP contribution is 1.97. The van der Waals surface area contributed by atoms with Crippen molar-refractivity contribution >= 4 is 17.6 Å². The number of hydrogen-bond acceptors (Lipinski definition) is 5. The van der Waals surface area contributed by atoms with Crippen molar-refractivity contribution in [2.45, 2.75) is 26.0 Å². The van der Waals surface area contributed by atoms with Gasteiger partial charge in [-0.25, -0.2) is 0 Å². The molecule has 0 saturated carbocycles. The fraction of sp³-hybridized carbons (Fsp3) is 0.727. The van der Waals surface area contributed by atoms with Gasteiger partial charge in [-0.3, -0.25) is 14.4 Å². The van der Waals surface area contributed by atoms with Crippen LogP contribution in [-0.4, -0.2) is 71.8 Å². The molecule has 2 unspecified atom stereocenters. The molecule has 0 aliphatic rings. The third kappa shape index (κ3) is 5.24. The maximum atomic E-state index is 11.7. The van der Waals surface area contributed by atoms with Crippen molar-refractivity contribution in [1.82, 2.24) is 9.80 Å². The van der Waals surface area contributed by atoms with E-state index in [1.807, 2.05) is 0 Å². The molecular weight excluding hydrogens is 238 g/mol. The highest BCUT2D eigenvalue weighted by molar-refractivity contribution is 5.89. The predicted molar refractivity (Wildman–Crippen MR) is 65.6 cm³/mol. The number of aliphatic hydroxyl groups is 1. The van der Waals surface area contributed by atoms with Gasteiger partial charge in [-0.1, -0.05) is 0 Å². The summed E-state index contributed by atoms with van der Waals surface area (Å²) in [5.41, 5.74) is 5.47. The Kier molecular flexibility index (Phi) is 6.50. The second kappa shape index (κ2) is 7.07. The molecule has 0 bridgehead atoms. The Hall–Kier alpha value is -1.47. The van der Waals surface area contributed by atoms with E-state index in [-0.39, 0.29) is 24.8 Å². The van der Waals surface area contributed by atoms with Crippen LogP contribution >= 0.6 is 0 Å². The summed E-state index contributed by atoms with van der Waals surface area (Å²) in [6.07, 6.45) is -0.981. The average Bonchev–Trinajstić information content (AvgIpc) is 2.25. The second-order valence-electron chi connectivity index (χ2n) is 4.41. The number of aliphatic hydroxyl groups excluding tert-OH is 1. The number of nitrogens with two attached hydrogens (primary N) is 1. The van der Waals surface area contributed by atoms with E-state index in [4.69, 9.17) is 5.73 Å². The Morgan fingerprint density at radius 2 is 1.67 bits per heavy atom. The summed E-state index contributed by atoms with van der Waals surface area (Å²) in [6, 6.07) is -1.05. The van der Waals surface area contributed by atoms with E-state index >= 15 is 0 Å². The minimum atomic E-state index is -1.05. The van der Waals surface area contributed by atoms with E-state index in [1.165, 1.54) is 32.8 Å². The molecule has 18 heavy (non-hydrogen) atoms. The van der Waals surface area contributed by atoms with Gasteiger partial charge in [0.15, 0.2) is 0 Å². The highest BCUT2D eigenvalue weighted by Gasteiger charge is 2.24. The molecule has 0 rings (SSSR count). The zero-order valence-corrected chi connectivity index (χ0v) is 11.2. The van der Waals surface area contributed by atoms with Crippen LogP contribution in [0.15, 0.2) is 0 Å². The third-order valence-corrected chi connectivity index (χ3v) is 2.44. The normalized spacial score (nSPS) is 13.7. The molecule has 0 fully saturated rings. The first-order chi connectivity index (χ1) is 8.16. The summed E-state index contributed by atoms with van der Waals surface area (Å²) in [4.78, 5) is 36.6. The van der Waals surface area contributed by atoms with Crippen molar-refractivity contribution in [1.29, 1.82) is 0 Å². The third-order valence-electron chi connectivity index (χ3n) is 2.44. The highest BCUT2D eigenvalue weighted by atomic mass is 16.3. The van der Waals surface area contributed by atoms with Gasteiger partial charge in [0.25, 0.3) is 0 Å². The van der Waals surface area contributed by atoms with E-state index in [2.05, 4.69) is 0 Å². The number of hydrogen-bond donors (Lipinski definition) is 2. The summed E-state index contributed by atoms with van der Waals surface area (Å²) in [5.74, 6) is -1.02. The van der Waals surface area contributed by atoms with Crippen LogP contribution in [-0.2, 0) is 14.4 Å². The molecule has 0 spiro atoms. The number of carbonyl (C=O) groups excluding carboxylic acids is 3. The summed E-state index contributed by atoms with van der Waals surface area (Å²) in [6.45, 7) is 2.61. The van der Waals surface area contributed by atoms with E-state index in [1.54, 1.807) is 0 Å². The van der Waals surface area contributed by atoms with Crippen molar-refractivity contribution in [3.05, 3.63) is 0 Å². The molecule has 0 aliphatic carbocycles. The molecule has 3 N–H and O–H groups in total. The molecule has 0 radical (unpaired) electrons. The molecule has 0 heterocycles. The maximum Gasteiger partial charge on any atom is 0.242 e. The van der Waals surface area contributed by atoms with Crippen molar-refractivity contribution in [3.8, 4) is 0 Å². The fourth-order valence-corrected chi connectivity index (χ4v) is 1.28. The summed E-state index contributed by atoms with van der Waals surface area (Å²) in [7, 11) is 2.90. The fourth-order valence-electron chi connectivity index (χ4n) is 1.28. The minimum absolute atomic E-state index is 0.00329. The van der Waals surface area contributed by atoms with E-state index in [0.29, 0.717) is 0 Å². The average molecular weight is 259 g/mol. The lowest BCUT2D eigenvalue weighted by Crippen LogP contribution is -2.50. The number of nitrogens with zero attached hydrogens (tertiary/aromatic N) is 2. The number of rotatable bonds is 6. The Bertz CT molecular complexity index is 330. The topological polar surface area (TPSA) is 104 Å². The largest absolute Gasteiger partial charge is 0.391 e. The Morgan fingerprint density at radius 3 is 2.06 bits per heavy atom. The molecule has 2 amide bonds. The molecule has 0 aromatic carbocycles. The summed E-state index contributed by atoms with van der Waals surface area (Å²) in [5, 5.41) is 9.19. The van der Waals surface area contributed by atoms with Crippen LogP contribution in [0.25, 0.3) is 0 Å². The first-order valence-electron chi connectivity index (χ1n) is 5.58. The van der Waals surface area contributed by atoms with Gasteiger partial charge in [0.05, 0.1) is 19.2 Å². The maximum absolute atomic E-state index is 11.7. The van der Waals surface area contributed by atoms with Crippen molar-refractivity contribution < 1.29 is 19.5 Å². The Morgan fingerprint density at radius 1 is 1.17 bits per heavy atom. The molecule has 0 saturated heterocycles. The number of ketones is 1. The van der Waals surface area contributed by atoms with Crippen LogP contribution in [0.1, 0.15) is 13.8 Å². The van der Waals surface area contributed by atoms with Crippen molar-refractivity contribution in [3.63, 3.8) is 0 Å².